The van der Waals surface area contributed by atoms with Crippen molar-refractivity contribution in [3.8, 4) is 0 Å². The molecule has 0 bridgehead atoms. The zero-order valence-electron chi connectivity index (χ0n) is 16.9. The summed E-state index contributed by atoms with van der Waals surface area (Å²) in [6.07, 6.45) is 0.813. The van der Waals surface area contributed by atoms with Crippen LogP contribution in [-0.2, 0) is 17.7 Å². The highest BCUT2D eigenvalue weighted by atomic mass is 32.1. The van der Waals surface area contributed by atoms with Crippen molar-refractivity contribution < 1.29 is 19.2 Å². The summed E-state index contributed by atoms with van der Waals surface area (Å²) in [6, 6.07) is 14.0. The minimum Gasteiger partial charge on any atom is -0.465 e. The third-order valence-electron chi connectivity index (χ3n) is 5.64. The molecule has 1 aromatic heterocycles. The predicted molar refractivity (Wildman–Crippen MR) is 116 cm³/mol. The van der Waals surface area contributed by atoms with Gasteiger partial charge in [0.25, 0.3) is 5.91 Å². The fraction of sp³-hybridized carbons (Fsp3) is 0.304. The number of quaternary nitrogens is 1. The Morgan fingerprint density at radius 2 is 1.90 bits per heavy atom. The third-order valence-corrected chi connectivity index (χ3v) is 6.79. The van der Waals surface area contributed by atoms with E-state index in [1.807, 2.05) is 42.5 Å². The van der Waals surface area contributed by atoms with Crippen LogP contribution in [0.3, 0.4) is 0 Å². The highest BCUT2D eigenvalue weighted by Crippen LogP contribution is 2.36. The number of carbonyl (C=O) groups is 2. The van der Waals surface area contributed by atoms with Gasteiger partial charge in [0.15, 0.2) is 0 Å². The molecule has 0 spiro atoms. The molecule has 6 heteroatoms. The van der Waals surface area contributed by atoms with Gasteiger partial charge in [0.1, 0.15) is 11.5 Å². The average Bonchev–Trinajstić information content (AvgIpc) is 3.09. The van der Waals surface area contributed by atoms with Gasteiger partial charge in [-0.2, -0.15) is 0 Å². The van der Waals surface area contributed by atoms with E-state index in [2.05, 4.69) is 19.2 Å². The number of methoxy groups -OCH3 is 1. The largest absolute Gasteiger partial charge is 0.465 e. The number of nitrogens with one attached hydrogen (secondary N) is 2. The van der Waals surface area contributed by atoms with Crippen molar-refractivity contribution in [1.82, 2.24) is 0 Å². The van der Waals surface area contributed by atoms with E-state index in [0.29, 0.717) is 22.2 Å². The number of fused-ring (bicyclic) bond motifs is 2. The van der Waals surface area contributed by atoms with E-state index >= 15 is 0 Å². The number of rotatable bonds is 4. The van der Waals surface area contributed by atoms with Crippen LogP contribution in [0.15, 0.2) is 42.5 Å². The summed E-state index contributed by atoms with van der Waals surface area (Å²) in [4.78, 5) is 28.3. The maximum Gasteiger partial charge on any atom is 0.341 e. The van der Waals surface area contributed by atoms with Crippen molar-refractivity contribution in [2.45, 2.75) is 32.9 Å². The quantitative estimate of drug-likeness (QED) is 0.650. The molecule has 1 atom stereocenters. The molecule has 0 saturated heterocycles. The Bertz CT molecular complexity index is 1080. The number of esters is 1. The standard InChI is InChI=1S/C23H24N2O3S/c1-14(2)25-12-11-18-19(13-25)29-22(20(18)23(27)28-3)24-21(26)17-10-6-8-15-7-4-5-9-16(15)17/h4-10,14H,11-13H2,1-3H3,(H,24,26)/p+1. The Morgan fingerprint density at radius 1 is 1.14 bits per heavy atom. The van der Waals surface area contributed by atoms with Gasteiger partial charge in [-0.25, -0.2) is 4.79 Å². The molecule has 2 aromatic carbocycles. The molecule has 1 aliphatic rings. The van der Waals surface area contributed by atoms with Gasteiger partial charge in [0.05, 0.1) is 30.1 Å². The van der Waals surface area contributed by atoms with Gasteiger partial charge in [-0.15, -0.1) is 11.3 Å². The van der Waals surface area contributed by atoms with Crippen molar-refractivity contribution in [1.29, 1.82) is 0 Å². The van der Waals surface area contributed by atoms with Crippen molar-refractivity contribution in [2.75, 3.05) is 19.0 Å². The van der Waals surface area contributed by atoms with Crippen LogP contribution in [0.5, 0.6) is 0 Å². The zero-order valence-corrected chi connectivity index (χ0v) is 17.7. The second-order valence-corrected chi connectivity index (χ2v) is 8.78. The first-order chi connectivity index (χ1) is 14.0. The van der Waals surface area contributed by atoms with Gasteiger partial charge in [0, 0.05) is 12.0 Å². The van der Waals surface area contributed by atoms with Gasteiger partial charge in [-0.3, -0.25) is 4.79 Å². The molecule has 0 aliphatic carbocycles. The Kier molecular flexibility index (Phi) is 5.39. The minimum atomic E-state index is -0.385. The van der Waals surface area contributed by atoms with Crippen LogP contribution in [0.4, 0.5) is 5.00 Å². The molecule has 1 amide bonds. The number of ether oxygens (including phenoxy) is 1. The molecule has 0 saturated carbocycles. The number of benzene rings is 2. The summed E-state index contributed by atoms with van der Waals surface area (Å²) in [7, 11) is 1.39. The lowest BCUT2D eigenvalue weighted by molar-refractivity contribution is -0.936. The van der Waals surface area contributed by atoms with E-state index in [1.54, 1.807) is 0 Å². The van der Waals surface area contributed by atoms with Crippen LogP contribution in [0.25, 0.3) is 10.8 Å². The highest BCUT2D eigenvalue weighted by molar-refractivity contribution is 7.17. The number of thiophene rings is 1. The van der Waals surface area contributed by atoms with Crippen molar-refractivity contribution in [3.05, 3.63) is 64.0 Å². The van der Waals surface area contributed by atoms with Crippen molar-refractivity contribution >= 4 is 39.0 Å². The number of anilines is 1. The molecule has 2 heterocycles. The summed E-state index contributed by atoms with van der Waals surface area (Å²) in [5.74, 6) is -0.595. The van der Waals surface area contributed by atoms with E-state index in [-0.39, 0.29) is 11.9 Å². The molecule has 5 nitrogen and oxygen atoms in total. The van der Waals surface area contributed by atoms with E-state index in [1.165, 1.54) is 23.3 Å². The lowest BCUT2D eigenvalue weighted by Gasteiger charge is -2.27. The molecule has 3 aromatic rings. The monoisotopic (exact) mass is 409 g/mol. The van der Waals surface area contributed by atoms with Crippen LogP contribution in [-0.4, -0.2) is 31.6 Å². The first kappa shape index (κ1) is 19.6. The first-order valence-corrected chi connectivity index (χ1v) is 10.7. The predicted octanol–water partition coefficient (Wildman–Crippen LogP) is 3.29. The Balaban J connectivity index is 1.71. The highest BCUT2D eigenvalue weighted by Gasteiger charge is 2.32. The smallest absolute Gasteiger partial charge is 0.341 e. The molecular formula is C23H25N2O3S+. The first-order valence-electron chi connectivity index (χ1n) is 9.86. The molecule has 1 aliphatic heterocycles. The fourth-order valence-electron chi connectivity index (χ4n) is 3.99. The normalized spacial score (nSPS) is 15.9. The van der Waals surface area contributed by atoms with E-state index in [9.17, 15) is 9.59 Å². The molecule has 150 valence electrons. The van der Waals surface area contributed by atoms with Gasteiger partial charge in [-0.05, 0) is 36.2 Å². The van der Waals surface area contributed by atoms with Crippen LogP contribution in [0.2, 0.25) is 0 Å². The summed E-state index contributed by atoms with van der Waals surface area (Å²) in [5, 5.41) is 5.49. The number of carbonyl (C=O) groups excluding carboxylic acids is 2. The van der Waals surface area contributed by atoms with E-state index < -0.39 is 0 Å². The van der Waals surface area contributed by atoms with E-state index in [4.69, 9.17) is 4.74 Å². The number of hydrogen-bond donors (Lipinski definition) is 2. The van der Waals surface area contributed by atoms with Crippen molar-refractivity contribution in [2.24, 2.45) is 0 Å². The summed E-state index contributed by atoms with van der Waals surface area (Å²) < 4.78 is 5.04. The lowest BCUT2D eigenvalue weighted by atomic mass is 10.0. The Labute approximate surface area is 174 Å². The minimum absolute atomic E-state index is 0.210. The van der Waals surface area contributed by atoms with Gasteiger partial charge in [0.2, 0.25) is 0 Å². The lowest BCUT2D eigenvalue weighted by Crippen LogP contribution is -3.14. The molecule has 1 unspecified atom stereocenters. The molecule has 29 heavy (non-hydrogen) atoms. The molecule has 0 radical (unpaired) electrons. The maximum absolute atomic E-state index is 13.1. The van der Waals surface area contributed by atoms with Crippen molar-refractivity contribution in [3.63, 3.8) is 0 Å². The number of amides is 1. The Morgan fingerprint density at radius 3 is 2.66 bits per heavy atom. The third kappa shape index (κ3) is 3.66. The maximum atomic E-state index is 13.1. The van der Waals surface area contributed by atoms with E-state index in [0.717, 1.165) is 40.7 Å². The SMILES string of the molecule is COC(=O)c1c(NC(=O)c2cccc3ccccc23)sc2c1CC[NH+](C(C)C)C2. The molecule has 0 fully saturated rings. The van der Waals surface area contributed by atoms with Crippen LogP contribution in [0.1, 0.15) is 45.0 Å². The average molecular weight is 410 g/mol. The fourth-order valence-corrected chi connectivity index (χ4v) is 5.28. The summed E-state index contributed by atoms with van der Waals surface area (Å²) in [5.41, 5.74) is 2.14. The van der Waals surface area contributed by atoms with Gasteiger partial charge < -0.3 is 15.0 Å². The van der Waals surface area contributed by atoms with Crippen LogP contribution in [0, 0.1) is 0 Å². The summed E-state index contributed by atoms with van der Waals surface area (Å²) in [6.45, 7) is 6.25. The summed E-state index contributed by atoms with van der Waals surface area (Å²) >= 11 is 1.50. The second-order valence-electron chi connectivity index (χ2n) is 7.67. The van der Waals surface area contributed by atoms with Gasteiger partial charge >= 0.3 is 5.97 Å². The van der Waals surface area contributed by atoms with Gasteiger partial charge in [-0.1, -0.05) is 36.4 Å². The van der Waals surface area contributed by atoms with Crippen LogP contribution >= 0.6 is 11.3 Å². The molecule has 4 rings (SSSR count). The molecule has 2 N–H and O–H groups in total. The Hall–Kier alpha value is -2.70. The zero-order chi connectivity index (χ0) is 20.5. The second kappa shape index (κ2) is 7.97. The van der Waals surface area contributed by atoms with Crippen LogP contribution < -0.4 is 10.2 Å². The number of hydrogen-bond acceptors (Lipinski definition) is 4. The topological polar surface area (TPSA) is 59.8 Å². The molecular weight excluding hydrogens is 384 g/mol.